The van der Waals surface area contributed by atoms with Crippen LogP contribution in [0.15, 0.2) is 6.07 Å². The molecule has 94 valence electrons. The Morgan fingerprint density at radius 3 is 2.94 bits per heavy atom. The molecular formula is C12H18N2O2S. The summed E-state index contributed by atoms with van der Waals surface area (Å²) in [5.74, 6) is 0.362. The molecule has 1 saturated heterocycles. The second kappa shape index (κ2) is 4.66. The molecule has 4 nitrogen and oxygen atoms in total. The molecule has 1 fully saturated rings. The second-order valence-corrected chi connectivity index (χ2v) is 5.89. The lowest BCUT2D eigenvalue weighted by Crippen LogP contribution is -2.39. The van der Waals surface area contributed by atoms with Gasteiger partial charge in [0.2, 0.25) is 0 Å². The molecule has 1 amide bonds. The summed E-state index contributed by atoms with van der Waals surface area (Å²) in [6, 6.07) is 1.69. The van der Waals surface area contributed by atoms with Crippen molar-refractivity contribution in [3.05, 3.63) is 15.8 Å². The molecule has 2 heterocycles. The number of thiophene rings is 1. The summed E-state index contributed by atoms with van der Waals surface area (Å²) in [6.07, 6.45) is 0.955. The van der Waals surface area contributed by atoms with Crippen LogP contribution < -0.4 is 5.73 Å². The standard InChI is InChI=1S/C12H18N2O2S/c1-7-3-4-14(10(7)6-15)12(16)11-5-9(13)8(2)17-11/h5,7,10,15H,3-4,6,13H2,1-2H3. The van der Waals surface area contributed by atoms with E-state index in [4.69, 9.17) is 5.73 Å². The number of nitrogen functional groups attached to an aromatic ring is 1. The van der Waals surface area contributed by atoms with Crippen LogP contribution in [0.25, 0.3) is 0 Å². The molecule has 1 aliphatic heterocycles. The SMILES string of the molecule is Cc1sc(C(=O)N2CCC(C)C2CO)cc1N. The topological polar surface area (TPSA) is 66.6 Å². The molecule has 3 N–H and O–H groups in total. The Hall–Kier alpha value is -1.07. The van der Waals surface area contributed by atoms with E-state index < -0.39 is 0 Å². The highest BCUT2D eigenvalue weighted by Gasteiger charge is 2.34. The lowest BCUT2D eigenvalue weighted by Gasteiger charge is -2.24. The van der Waals surface area contributed by atoms with Gasteiger partial charge in [-0.2, -0.15) is 0 Å². The summed E-state index contributed by atoms with van der Waals surface area (Å²) in [4.78, 5) is 15.7. The van der Waals surface area contributed by atoms with E-state index in [1.54, 1.807) is 11.0 Å². The van der Waals surface area contributed by atoms with Crippen LogP contribution in [0.5, 0.6) is 0 Å². The quantitative estimate of drug-likeness (QED) is 0.840. The minimum absolute atomic E-state index is 0.00167. The lowest BCUT2D eigenvalue weighted by atomic mass is 10.0. The van der Waals surface area contributed by atoms with E-state index in [1.807, 2.05) is 6.92 Å². The van der Waals surface area contributed by atoms with Crippen molar-refractivity contribution < 1.29 is 9.90 Å². The van der Waals surface area contributed by atoms with Crippen molar-refractivity contribution >= 4 is 22.9 Å². The highest BCUT2D eigenvalue weighted by Crippen LogP contribution is 2.29. The van der Waals surface area contributed by atoms with Gasteiger partial charge in [0, 0.05) is 17.1 Å². The van der Waals surface area contributed by atoms with Crippen LogP contribution in [0.2, 0.25) is 0 Å². The maximum absolute atomic E-state index is 12.3. The number of nitrogens with two attached hydrogens (primary N) is 1. The molecule has 0 saturated carbocycles. The molecule has 1 aromatic heterocycles. The summed E-state index contributed by atoms with van der Waals surface area (Å²) < 4.78 is 0. The van der Waals surface area contributed by atoms with Gasteiger partial charge in [0.15, 0.2) is 0 Å². The number of amides is 1. The number of nitrogens with zero attached hydrogens (tertiary/aromatic N) is 1. The fraction of sp³-hybridized carbons (Fsp3) is 0.583. The van der Waals surface area contributed by atoms with Gasteiger partial charge in [0.25, 0.3) is 5.91 Å². The van der Waals surface area contributed by atoms with Crippen LogP contribution in [0.3, 0.4) is 0 Å². The summed E-state index contributed by atoms with van der Waals surface area (Å²) in [7, 11) is 0. The zero-order chi connectivity index (χ0) is 12.6. The highest BCUT2D eigenvalue weighted by atomic mass is 32.1. The molecule has 1 aliphatic rings. The Bertz CT molecular complexity index is 411. The van der Waals surface area contributed by atoms with Crippen molar-refractivity contribution in [2.45, 2.75) is 26.3 Å². The fourth-order valence-corrected chi connectivity index (χ4v) is 3.18. The monoisotopic (exact) mass is 254 g/mol. The average Bonchev–Trinajstić information content (AvgIpc) is 2.82. The van der Waals surface area contributed by atoms with Crippen LogP contribution in [-0.4, -0.2) is 35.1 Å². The van der Waals surface area contributed by atoms with Crippen LogP contribution in [-0.2, 0) is 0 Å². The fourth-order valence-electron chi connectivity index (χ4n) is 2.28. The summed E-state index contributed by atoms with van der Waals surface area (Å²) in [6.45, 7) is 4.74. The largest absolute Gasteiger partial charge is 0.398 e. The molecule has 5 heteroatoms. The number of aliphatic hydroxyl groups excluding tert-OH is 1. The zero-order valence-corrected chi connectivity index (χ0v) is 11.0. The maximum atomic E-state index is 12.3. The Balaban J connectivity index is 2.20. The van der Waals surface area contributed by atoms with Gasteiger partial charge in [0.1, 0.15) is 0 Å². The molecule has 2 unspecified atom stereocenters. The van der Waals surface area contributed by atoms with Crippen LogP contribution >= 0.6 is 11.3 Å². The van der Waals surface area contributed by atoms with Crippen LogP contribution in [0.1, 0.15) is 27.9 Å². The van der Waals surface area contributed by atoms with E-state index in [0.29, 0.717) is 16.5 Å². The van der Waals surface area contributed by atoms with Gasteiger partial charge >= 0.3 is 0 Å². The summed E-state index contributed by atoms with van der Waals surface area (Å²) in [5.41, 5.74) is 6.43. The predicted molar refractivity (Wildman–Crippen MR) is 69.2 cm³/mol. The van der Waals surface area contributed by atoms with Gasteiger partial charge in [-0.25, -0.2) is 0 Å². The van der Waals surface area contributed by atoms with Crippen molar-refractivity contribution in [3.63, 3.8) is 0 Å². The number of anilines is 1. The number of likely N-dealkylation sites (tertiary alicyclic amines) is 1. The van der Waals surface area contributed by atoms with Gasteiger partial charge in [-0.3, -0.25) is 4.79 Å². The Morgan fingerprint density at radius 2 is 2.41 bits per heavy atom. The van der Waals surface area contributed by atoms with Gasteiger partial charge < -0.3 is 15.7 Å². The normalized spacial score (nSPS) is 24.3. The first-order chi connectivity index (χ1) is 8.04. The lowest BCUT2D eigenvalue weighted by molar-refractivity contribution is 0.0653. The van der Waals surface area contributed by atoms with Crippen LogP contribution in [0, 0.1) is 12.8 Å². The second-order valence-electron chi connectivity index (χ2n) is 4.64. The van der Waals surface area contributed by atoms with Crippen LogP contribution in [0.4, 0.5) is 5.69 Å². The number of carbonyl (C=O) groups excluding carboxylic acids is 1. The van der Waals surface area contributed by atoms with Crippen molar-refractivity contribution in [2.75, 3.05) is 18.9 Å². The molecular weight excluding hydrogens is 236 g/mol. The Labute approximate surface area is 105 Å². The van der Waals surface area contributed by atoms with Crippen molar-refractivity contribution in [3.8, 4) is 0 Å². The van der Waals surface area contributed by atoms with E-state index in [0.717, 1.165) is 17.8 Å². The first-order valence-electron chi connectivity index (χ1n) is 5.82. The van der Waals surface area contributed by atoms with Gasteiger partial charge in [-0.05, 0) is 25.3 Å². The molecule has 0 bridgehead atoms. The number of hydrogen-bond donors (Lipinski definition) is 2. The van der Waals surface area contributed by atoms with Gasteiger partial charge in [-0.15, -0.1) is 11.3 Å². The van der Waals surface area contributed by atoms with E-state index >= 15 is 0 Å². The Kier molecular flexibility index (Phi) is 3.40. The number of aliphatic hydroxyl groups is 1. The van der Waals surface area contributed by atoms with E-state index in [-0.39, 0.29) is 18.6 Å². The summed E-state index contributed by atoms with van der Waals surface area (Å²) in [5, 5.41) is 9.35. The molecule has 0 aromatic carbocycles. The number of carbonyl (C=O) groups is 1. The molecule has 0 aliphatic carbocycles. The average molecular weight is 254 g/mol. The number of aryl methyl sites for hydroxylation is 1. The third kappa shape index (κ3) is 2.17. The summed E-state index contributed by atoms with van der Waals surface area (Å²) >= 11 is 1.43. The third-order valence-electron chi connectivity index (χ3n) is 3.50. The first-order valence-corrected chi connectivity index (χ1v) is 6.64. The number of hydrogen-bond acceptors (Lipinski definition) is 4. The maximum Gasteiger partial charge on any atom is 0.264 e. The van der Waals surface area contributed by atoms with E-state index in [1.165, 1.54) is 11.3 Å². The third-order valence-corrected chi connectivity index (χ3v) is 4.55. The molecule has 17 heavy (non-hydrogen) atoms. The van der Waals surface area contributed by atoms with E-state index in [2.05, 4.69) is 6.92 Å². The smallest absolute Gasteiger partial charge is 0.264 e. The molecule has 0 spiro atoms. The van der Waals surface area contributed by atoms with Crippen molar-refractivity contribution in [1.29, 1.82) is 0 Å². The zero-order valence-electron chi connectivity index (χ0n) is 10.1. The molecule has 2 atom stereocenters. The predicted octanol–water partition coefficient (Wildman–Crippen LogP) is 1.48. The van der Waals surface area contributed by atoms with Crippen molar-refractivity contribution in [2.24, 2.45) is 5.92 Å². The minimum atomic E-state index is -0.0499. The van der Waals surface area contributed by atoms with E-state index in [9.17, 15) is 9.90 Å². The Morgan fingerprint density at radius 1 is 1.71 bits per heavy atom. The molecule has 0 radical (unpaired) electrons. The minimum Gasteiger partial charge on any atom is -0.398 e. The number of rotatable bonds is 2. The van der Waals surface area contributed by atoms with Gasteiger partial charge in [0.05, 0.1) is 17.5 Å². The first kappa shape index (κ1) is 12.4. The van der Waals surface area contributed by atoms with Gasteiger partial charge in [-0.1, -0.05) is 6.92 Å². The highest BCUT2D eigenvalue weighted by molar-refractivity contribution is 7.14. The molecule has 2 rings (SSSR count). The molecule has 1 aromatic rings. The van der Waals surface area contributed by atoms with Crippen molar-refractivity contribution in [1.82, 2.24) is 4.90 Å².